The molecule has 3 atom stereocenters. The number of ether oxygens (including phenoxy) is 1. The molecular weight excluding hydrogens is 252 g/mol. The Labute approximate surface area is 122 Å². The van der Waals surface area contributed by atoms with Gasteiger partial charge in [0.25, 0.3) is 0 Å². The first-order valence-corrected chi connectivity index (χ1v) is 7.21. The van der Waals surface area contributed by atoms with E-state index in [2.05, 4.69) is 56.2 Å². The molecule has 0 bridgehead atoms. The van der Waals surface area contributed by atoms with E-state index in [-0.39, 0.29) is 12.1 Å². The highest BCUT2D eigenvalue weighted by atomic mass is 16.5. The molecule has 1 aromatic rings. The highest BCUT2D eigenvalue weighted by Gasteiger charge is 2.25. The van der Waals surface area contributed by atoms with Gasteiger partial charge >= 0.3 is 6.09 Å². The lowest BCUT2D eigenvalue weighted by Crippen LogP contribution is -2.40. The van der Waals surface area contributed by atoms with Crippen molar-refractivity contribution in [1.82, 2.24) is 9.88 Å². The summed E-state index contributed by atoms with van der Waals surface area (Å²) in [4.78, 5) is 11.3. The molecule has 4 nitrogen and oxygen atoms in total. The lowest BCUT2D eigenvalue weighted by Gasteiger charge is -2.30. The highest BCUT2D eigenvalue weighted by molar-refractivity contribution is 5.67. The number of nitrogens with zero attached hydrogens (tertiary/aromatic N) is 1. The molecule has 0 aliphatic heterocycles. The Morgan fingerprint density at radius 1 is 1.05 bits per heavy atom. The monoisotopic (exact) mass is 280 g/mol. The van der Waals surface area contributed by atoms with E-state index in [4.69, 9.17) is 0 Å². The second-order valence-electron chi connectivity index (χ2n) is 5.82. The Hall–Kier alpha value is -1.45. The highest BCUT2D eigenvalue weighted by Crippen LogP contribution is 2.29. The van der Waals surface area contributed by atoms with Crippen molar-refractivity contribution in [2.45, 2.75) is 60.5 Å². The van der Waals surface area contributed by atoms with Gasteiger partial charge in [-0.25, -0.2) is 4.79 Å². The third-order valence-corrected chi connectivity index (χ3v) is 4.86. The Morgan fingerprint density at radius 2 is 1.50 bits per heavy atom. The van der Waals surface area contributed by atoms with Crippen LogP contribution in [0.5, 0.6) is 0 Å². The van der Waals surface area contributed by atoms with Gasteiger partial charge in [0.15, 0.2) is 0 Å². The molecule has 1 aromatic heterocycles. The Morgan fingerprint density at radius 3 is 1.90 bits per heavy atom. The maximum Gasteiger partial charge on any atom is 0.407 e. The molecule has 114 valence electrons. The quantitative estimate of drug-likeness (QED) is 0.914. The second kappa shape index (κ2) is 6.33. The number of methoxy groups -OCH3 is 1. The van der Waals surface area contributed by atoms with Gasteiger partial charge in [-0.2, -0.15) is 0 Å². The van der Waals surface area contributed by atoms with E-state index in [9.17, 15) is 4.79 Å². The van der Waals surface area contributed by atoms with E-state index in [1.54, 1.807) is 0 Å². The predicted octanol–water partition coefficient (Wildman–Crippen LogP) is 3.66. The van der Waals surface area contributed by atoms with E-state index in [0.717, 1.165) is 0 Å². The molecule has 0 fully saturated rings. The Bertz CT molecular complexity index is 466. The summed E-state index contributed by atoms with van der Waals surface area (Å²) < 4.78 is 7.05. The summed E-state index contributed by atoms with van der Waals surface area (Å²) in [5, 5.41) is 2.87. The van der Waals surface area contributed by atoms with Gasteiger partial charge in [0.1, 0.15) is 0 Å². The summed E-state index contributed by atoms with van der Waals surface area (Å²) in [5.74, 6) is 0.303. The number of amides is 1. The van der Waals surface area contributed by atoms with Crippen molar-refractivity contribution in [2.75, 3.05) is 7.11 Å². The number of hydrogen-bond acceptors (Lipinski definition) is 2. The van der Waals surface area contributed by atoms with E-state index < -0.39 is 0 Å². The molecule has 1 rings (SSSR count). The molecule has 20 heavy (non-hydrogen) atoms. The summed E-state index contributed by atoms with van der Waals surface area (Å²) in [7, 11) is 1.39. The average Bonchev–Trinajstić information content (AvgIpc) is 2.61. The van der Waals surface area contributed by atoms with Crippen molar-refractivity contribution in [1.29, 1.82) is 0 Å². The molecule has 3 unspecified atom stereocenters. The number of rotatable bonds is 4. The van der Waals surface area contributed by atoms with Crippen LogP contribution in [0.1, 0.15) is 49.3 Å². The molecule has 0 aliphatic rings. The van der Waals surface area contributed by atoms with Crippen LogP contribution < -0.4 is 5.32 Å². The van der Waals surface area contributed by atoms with Gasteiger partial charge in [0.05, 0.1) is 7.11 Å². The first-order valence-electron chi connectivity index (χ1n) is 7.21. The van der Waals surface area contributed by atoms with Crippen molar-refractivity contribution in [3.05, 3.63) is 22.5 Å². The van der Waals surface area contributed by atoms with Crippen LogP contribution in [0.3, 0.4) is 0 Å². The number of nitrogens with one attached hydrogen (secondary N) is 1. The summed E-state index contributed by atoms with van der Waals surface area (Å²) in [6.45, 7) is 15.1. The number of carbonyl (C=O) groups excluding carboxylic acids is 1. The van der Waals surface area contributed by atoms with Crippen molar-refractivity contribution < 1.29 is 9.53 Å². The lowest BCUT2D eigenvalue weighted by molar-refractivity contribution is 0.160. The molecule has 0 aliphatic carbocycles. The van der Waals surface area contributed by atoms with Crippen molar-refractivity contribution in [3.63, 3.8) is 0 Å². The molecule has 1 N–H and O–H groups in total. The zero-order chi connectivity index (χ0) is 15.6. The smallest absolute Gasteiger partial charge is 0.407 e. The van der Waals surface area contributed by atoms with Crippen LogP contribution in [0.4, 0.5) is 4.79 Å². The summed E-state index contributed by atoms with van der Waals surface area (Å²) >= 11 is 0. The van der Waals surface area contributed by atoms with Crippen LogP contribution in [0.25, 0.3) is 0 Å². The lowest BCUT2D eigenvalue weighted by atomic mass is 9.95. The Kier molecular flexibility index (Phi) is 5.26. The van der Waals surface area contributed by atoms with Crippen LogP contribution in [-0.4, -0.2) is 23.8 Å². The van der Waals surface area contributed by atoms with E-state index in [1.165, 1.54) is 29.6 Å². The van der Waals surface area contributed by atoms with Crippen LogP contribution in [-0.2, 0) is 4.74 Å². The first-order chi connectivity index (χ1) is 9.22. The van der Waals surface area contributed by atoms with Gasteiger partial charge in [-0.15, -0.1) is 0 Å². The minimum absolute atomic E-state index is 0.0549. The maximum absolute atomic E-state index is 11.3. The molecule has 0 radical (unpaired) electrons. The predicted molar refractivity (Wildman–Crippen MR) is 82.3 cm³/mol. The van der Waals surface area contributed by atoms with Gasteiger partial charge < -0.3 is 14.6 Å². The van der Waals surface area contributed by atoms with Gasteiger partial charge in [-0.05, 0) is 58.6 Å². The fraction of sp³-hybridized carbons (Fsp3) is 0.688. The molecule has 1 heterocycles. The minimum atomic E-state index is -0.370. The average molecular weight is 280 g/mol. The normalized spacial score (nSPS) is 15.6. The van der Waals surface area contributed by atoms with Crippen LogP contribution in [0.15, 0.2) is 0 Å². The fourth-order valence-electron chi connectivity index (χ4n) is 2.80. The molecule has 0 aromatic carbocycles. The zero-order valence-electron chi connectivity index (χ0n) is 14.0. The summed E-state index contributed by atoms with van der Waals surface area (Å²) in [6.07, 6.45) is -0.370. The van der Waals surface area contributed by atoms with Gasteiger partial charge in [-0.1, -0.05) is 6.92 Å². The van der Waals surface area contributed by atoms with Gasteiger partial charge in [-0.3, -0.25) is 0 Å². The molecule has 0 spiro atoms. The molecule has 0 saturated carbocycles. The maximum atomic E-state index is 11.3. The number of alkyl carbamates (subject to hydrolysis) is 1. The number of carbonyl (C=O) groups is 1. The fourth-order valence-corrected chi connectivity index (χ4v) is 2.80. The number of hydrogen-bond donors (Lipinski definition) is 1. The number of aromatic nitrogens is 1. The molecule has 4 heteroatoms. The van der Waals surface area contributed by atoms with Crippen molar-refractivity contribution >= 4 is 6.09 Å². The van der Waals surface area contributed by atoms with Crippen molar-refractivity contribution in [3.8, 4) is 0 Å². The third kappa shape index (κ3) is 3.00. The minimum Gasteiger partial charge on any atom is -0.453 e. The van der Waals surface area contributed by atoms with Crippen molar-refractivity contribution in [2.24, 2.45) is 5.92 Å². The summed E-state index contributed by atoms with van der Waals surface area (Å²) in [5.41, 5.74) is 5.33. The zero-order valence-corrected chi connectivity index (χ0v) is 14.0. The van der Waals surface area contributed by atoms with E-state index >= 15 is 0 Å². The standard InChI is InChI=1S/C16H28N2O2/c1-9-10(2)14(6)18(13(9)5)15(7)11(3)12(4)17-16(19)20-8/h11-12,15H,1-8H3,(H,17,19). The van der Waals surface area contributed by atoms with Crippen LogP contribution in [0.2, 0.25) is 0 Å². The molecule has 1 amide bonds. The van der Waals surface area contributed by atoms with Crippen LogP contribution in [0, 0.1) is 33.6 Å². The SMILES string of the molecule is COC(=O)NC(C)C(C)C(C)n1c(C)c(C)c(C)c1C. The summed E-state index contributed by atoms with van der Waals surface area (Å²) in [6, 6.07) is 0.369. The molecule has 0 saturated heterocycles. The topological polar surface area (TPSA) is 43.3 Å². The second-order valence-corrected chi connectivity index (χ2v) is 5.82. The largest absolute Gasteiger partial charge is 0.453 e. The van der Waals surface area contributed by atoms with Gasteiger partial charge in [0, 0.05) is 23.5 Å². The molecular formula is C16H28N2O2. The third-order valence-electron chi connectivity index (χ3n) is 4.86. The van der Waals surface area contributed by atoms with E-state index in [1.807, 2.05) is 6.92 Å². The van der Waals surface area contributed by atoms with Crippen LogP contribution >= 0.6 is 0 Å². The first kappa shape index (κ1) is 16.6. The van der Waals surface area contributed by atoms with Gasteiger partial charge in [0.2, 0.25) is 0 Å². The van der Waals surface area contributed by atoms with E-state index in [0.29, 0.717) is 12.0 Å². The Balaban J connectivity index is 2.97.